The maximum absolute atomic E-state index is 12.0. The van der Waals surface area contributed by atoms with Crippen LogP contribution in [0.5, 0.6) is 0 Å². The van der Waals surface area contributed by atoms with E-state index in [1.807, 2.05) is 13.0 Å². The maximum Gasteiger partial charge on any atom is 0.278 e. The van der Waals surface area contributed by atoms with E-state index < -0.39 is 0 Å². The van der Waals surface area contributed by atoms with Gasteiger partial charge in [0, 0.05) is 5.25 Å². The highest BCUT2D eigenvalue weighted by molar-refractivity contribution is 7.98. The number of hydrogen-bond acceptors (Lipinski definition) is 5. The molecule has 0 bridgehead atoms. The molecule has 90 valence electrons. The van der Waals surface area contributed by atoms with Gasteiger partial charge in [0.2, 0.25) is 0 Å². The first-order valence-corrected chi connectivity index (χ1v) is 6.32. The molecule has 0 saturated carbocycles. The lowest BCUT2D eigenvalue weighted by Crippen LogP contribution is -2.24. The Hall–Kier alpha value is -1.40. The van der Waals surface area contributed by atoms with Gasteiger partial charge in [-0.05, 0) is 12.1 Å². The van der Waals surface area contributed by atoms with Crippen molar-refractivity contribution in [2.45, 2.75) is 18.1 Å². The zero-order valence-corrected chi connectivity index (χ0v) is 10.2. The summed E-state index contributed by atoms with van der Waals surface area (Å²) in [6.45, 7) is 1.98. The standard InChI is InChI=1S/C11H13N3O2S/c1-8(6-15)17-7-14-11(16)9-4-2-3-5-10(9)12-13-14/h2-5,8,15H,6-7H2,1H3. The summed E-state index contributed by atoms with van der Waals surface area (Å²) in [5, 5.41) is 17.4. The summed E-state index contributed by atoms with van der Waals surface area (Å²) in [6, 6.07) is 7.13. The predicted molar refractivity (Wildman–Crippen MR) is 67.9 cm³/mol. The predicted octanol–water partition coefficient (Wildman–Crippen LogP) is 0.863. The zero-order chi connectivity index (χ0) is 12.3. The van der Waals surface area contributed by atoms with Gasteiger partial charge in [-0.15, -0.1) is 16.9 Å². The number of fused-ring (bicyclic) bond motifs is 1. The quantitative estimate of drug-likeness (QED) is 0.873. The highest BCUT2D eigenvalue weighted by Gasteiger charge is 2.06. The van der Waals surface area contributed by atoms with Gasteiger partial charge in [0.1, 0.15) is 5.52 Å². The van der Waals surface area contributed by atoms with Crippen molar-refractivity contribution in [3.05, 3.63) is 34.6 Å². The lowest BCUT2D eigenvalue weighted by atomic mass is 10.2. The van der Waals surface area contributed by atoms with Crippen LogP contribution in [0.2, 0.25) is 0 Å². The third kappa shape index (κ3) is 2.65. The summed E-state index contributed by atoms with van der Waals surface area (Å²) >= 11 is 1.46. The average molecular weight is 251 g/mol. The van der Waals surface area contributed by atoms with Crippen molar-refractivity contribution in [2.75, 3.05) is 6.61 Å². The van der Waals surface area contributed by atoms with Gasteiger partial charge in [0.05, 0.1) is 17.9 Å². The van der Waals surface area contributed by atoms with Crippen molar-refractivity contribution in [2.24, 2.45) is 0 Å². The van der Waals surface area contributed by atoms with Crippen LogP contribution in [0.3, 0.4) is 0 Å². The lowest BCUT2D eigenvalue weighted by Gasteiger charge is -2.08. The second-order valence-electron chi connectivity index (χ2n) is 3.70. The summed E-state index contributed by atoms with van der Waals surface area (Å²) in [4.78, 5) is 12.0. The van der Waals surface area contributed by atoms with Crippen LogP contribution in [-0.2, 0) is 5.88 Å². The van der Waals surface area contributed by atoms with E-state index in [0.717, 1.165) is 0 Å². The average Bonchev–Trinajstić information content (AvgIpc) is 2.38. The fourth-order valence-electron chi connectivity index (χ4n) is 1.36. The van der Waals surface area contributed by atoms with Crippen LogP contribution in [0, 0.1) is 0 Å². The molecule has 1 aromatic heterocycles. The maximum atomic E-state index is 12.0. The summed E-state index contributed by atoms with van der Waals surface area (Å²) in [6.07, 6.45) is 0. The Morgan fingerprint density at radius 3 is 3.00 bits per heavy atom. The smallest absolute Gasteiger partial charge is 0.278 e. The van der Waals surface area contributed by atoms with Crippen LogP contribution in [0.15, 0.2) is 29.1 Å². The van der Waals surface area contributed by atoms with Crippen molar-refractivity contribution >= 4 is 22.7 Å². The van der Waals surface area contributed by atoms with Crippen LogP contribution in [0.25, 0.3) is 10.9 Å². The monoisotopic (exact) mass is 251 g/mol. The summed E-state index contributed by atoms with van der Waals surface area (Å²) in [5.41, 5.74) is 0.460. The minimum absolute atomic E-state index is 0.0789. The largest absolute Gasteiger partial charge is 0.395 e. The number of nitrogens with zero attached hydrogens (tertiary/aromatic N) is 3. The van der Waals surface area contributed by atoms with E-state index in [2.05, 4.69) is 10.3 Å². The number of hydrogen-bond donors (Lipinski definition) is 1. The van der Waals surface area contributed by atoms with Gasteiger partial charge in [0.25, 0.3) is 5.56 Å². The molecule has 1 atom stereocenters. The fraction of sp³-hybridized carbons (Fsp3) is 0.364. The molecule has 1 N–H and O–H groups in total. The van der Waals surface area contributed by atoms with Crippen LogP contribution in [0.4, 0.5) is 0 Å². The molecule has 0 amide bonds. The molecule has 1 heterocycles. The third-order valence-electron chi connectivity index (χ3n) is 2.37. The molecular weight excluding hydrogens is 238 g/mol. The first-order chi connectivity index (χ1) is 8.22. The molecule has 0 aliphatic carbocycles. The topological polar surface area (TPSA) is 68.0 Å². The van der Waals surface area contributed by atoms with Crippen molar-refractivity contribution in [1.29, 1.82) is 0 Å². The number of aromatic nitrogens is 3. The number of thioether (sulfide) groups is 1. The van der Waals surface area contributed by atoms with Crippen LogP contribution in [-0.4, -0.2) is 32.0 Å². The van der Waals surface area contributed by atoms with Crippen molar-refractivity contribution < 1.29 is 5.11 Å². The molecule has 1 unspecified atom stereocenters. The molecule has 17 heavy (non-hydrogen) atoms. The minimum atomic E-state index is -0.145. The Labute approximate surface area is 102 Å². The number of aliphatic hydroxyl groups excluding tert-OH is 1. The SMILES string of the molecule is CC(CO)SCn1nnc2ccccc2c1=O. The van der Waals surface area contributed by atoms with Crippen molar-refractivity contribution in [3.63, 3.8) is 0 Å². The summed E-state index contributed by atoms with van der Waals surface area (Å²) in [7, 11) is 0. The summed E-state index contributed by atoms with van der Waals surface area (Å²) in [5.74, 6) is 0.401. The normalized spacial score (nSPS) is 12.8. The van der Waals surface area contributed by atoms with Gasteiger partial charge in [-0.2, -0.15) is 0 Å². The first-order valence-electron chi connectivity index (χ1n) is 5.27. The molecule has 1 aromatic carbocycles. The van der Waals surface area contributed by atoms with Gasteiger partial charge < -0.3 is 5.11 Å². The minimum Gasteiger partial charge on any atom is -0.395 e. The van der Waals surface area contributed by atoms with Crippen LogP contribution >= 0.6 is 11.8 Å². The Balaban J connectivity index is 2.30. The molecule has 0 radical (unpaired) electrons. The Morgan fingerprint density at radius 2 is 2.24 bits per heavy atom. The zero-order valence-electron chi connectivity index (χ0n) is 9.41. The van der Waals surface area contributed by atoms with Gasteiger partial charge in [-0.25, -0.2) is 4.68 Å². The first kappa shape index (κ1) is 12.1. The van der Waals surface area contributed by atoms with Gasteiger partial charge >= 0.3 is 0 Å². The highest BCUT2D eigenvalue weighted by Crippen LogP contribution is 2.11. The Morgan fingerprint density at radius 1 is 1.47 bits per heavy atom. The molecule has 0 saturated heterocycles. The van der Waals surface area contributed by atoms with E-state index >= 15 is 0 Å². The molecule has 2 rings (SSSR count). The molecule has 2 aromatic rings. The number of rotatable bonds is 4. The Bertz CT molecular complexity index is 570. The molecule has 6 heteroatoms. The van der Waals surface area contributed by atoms with Crippen molar-refractivity contribution in [1.82, 2.24) is 15.0 Å². The number of benzene rings is 1. The van der Waals surface area contributed by atoms with Gasteiger partial charge in [-0.1, -0.05) is 24.3 Å². The number of aliphatic hydroxyl groups is 1. The molecule has 0 aliphatic rings. The molecule has 0 spiro atoms. The second kappa shape index (κ2) is 5.29. The second-order valence-corrected chi connectivity index (χ2v) is 5.10. The highest BCUT2D eigenvalue weighted by atomic mass is 32.2. The van der Waals surface area contributed by atoms with E-state index in [-0.39, 0.29) is 17.4 Å². The van der Waals surface area contributed by atoms with Gasteiger partial charge in [0.15, 0.2) is 0 Å². The molecule has 5 nitrogen and oxygen atoms in total. The van der Waals surface area contributed by atoms with E-state index in [9.17, 15) is 4.79 Å². The van der Waals surface area contributed by atoms with Crippen LogP contribution in [0.1, 0.15) is 6.92 Å². The van der Waals surface area contributed by atoms with Crippen molar-refractivity contribution in [3.8, 4) is 0 Å². The van der Waals surface area contributed by atoms with E-state index in [4.69, 9.17) is 5.11 Å². The summed E-state index contributed by atoms with van der Waals surface area (Å²) < 4.78 is 1.32. The van der Waals surface area contributed by atoms with Crippen LogP contribution < -0.4 is 5.56 Å². The Kier molecular flexibility index (Phi) is 3.75. The lowest BCUT2D eigenvalue weighted by molar-refractivity contribution is 0.299. The molecular formula is C11H13N3O2S. The fourth-order valence-corrected chi connectivity index (χ4v) is 2.03. The van der Waals surface area contributed by atoms with Gasteiger partial charge in [-0.3, -0.25) is 4.79 Å². The third-order valence-corrected chi connectivity index (χ3v) is 3.48. The molecule has 0 fully saturated rings. The van der Waals surface area contributed by atoms with E-state index in [0.29, 0.717) is 16.8 Å². The van der Waals surface area contributed by atoms with E-state index in [1.54, 1.807) is 18.2 Å². The molecule has 0 aliphatic heterocycles. The van der Waals surface area contributed by atoms with E-state index in [1.165, 1.54) is 16.4 Å².